The lowest BCUT2D eigenvalue weighted by molar-refractivity contribution is 1.56. The first kappa shape index (κ1) is 26.3. The van der Waals surface area contributed by atoms with E-state index in [0.29, 0.717) is 0 Å². The fourth-order valence-electron chi connectivity index (χ4n) is 7.17. The predicted molar refractivity (Wildman–Crippen MR) is 197 cm³/mol. The molecule has 0 radical (unpaired) electrons. The minimum Gasteiger partial charge on any atom is -0.0696 e. The molecule has 0 fully saturated rings. The Morgan fingerprint density at radius 2 is 0.870 bits per heavy atom. The molecule has 0 bridgehead atoms. The van der Waals surface area contributed by atoms with Crippen LogP contribution < -0.4 is 0 Å². The first-order valence-corrected chi connectivity index (χ1v) is 15.8. The molecule has 0 heteroatoms. The van der Waals surface area contributed by atoms with Crippen LogP contribution in [0, 0.1) is 0 Å². The Bertz CT molecular complexity index is 2580. The molecule has 0 aromatic heterocycles. The zero-order valence-electron chi connectivity index (χ0n) is 25.2. The maximum Gasteiger partial charge on any atom is -0.000253 e. The first-order chi connectivity index (χ1) is 22.8. The second-order valence-corrected chi connectivity index (χ2v) is 12.0. The van der Waals surface area contributed by atoms with Crippen molar-refractivity contribution in [2.75, 3.05) is 0 Å². The molecule has 8 aromatic rings. The SMILES string of the molecule is C1=C=Cc2c(c(-c3cc(-c4ccccc4)cc(-c4cccc5ccccc45)c3)c3ccccc3c2-c2ccc3ccccc3c2)C=1. The number of rotatable bonds is 4. The van der Waals surface area contributed by atoms with E-state index in [1.165, 1.54) is 88.0 Å². The molecule has 0 N–H and O–H groups in total. The standard InChI is InChI=1S/C46H28/c1-2-13-31(14-3-1)36-28-37(40-24-12-18-33-16-6-7-19-39(33)40)30-38(29-36)46-43-22-10-8-20-41(43)45(42-21-9-11-23-44(42)46)35-26-25-32-15-4-5-17-34(32)27-35/h1-8,10,12-30H. The molecule has 0 heterocycles. The van der Waals surface area contributed by atoms with Crippen molar-refractivity contribution < 1.29 is 0 Å². The van der Waals surface area contributed by atoms with Crippen molar-refractivity contribution in [3.63, 3.8) is 0 Å². The summed E-state index contributed by atoms with van der Waals surface area (Å²) < 4.78 is 0. The van der Waals surface area contributed by atoms with Crippen molar-refractivity contribution in [3.05, 3.63) is 180 Å². The molecule has 212 valence electrons. The highest BCUT2D eigenvalue weighted by Crippen LogP contribution is 2.46. The number of benzene rings is 8. The molecule has 9 rings (SSSR count). The van der Waals surface area contributed by atoms with Crippen molar-refractivity contribution in [1.82, 2.24) is 0 Å². The van der Waals surface area contributed by atoms with Crippen LogP contribution in [0.5, 0.6) is 0 Å². The third-order valence-electron chi connectivity index (χ3n) is 9.28. The monoisotopic (exact) mass is 580 g/mol. The molecule has 1 aliphatic carbocycles. The van der Waals surface area contributed by atoms with E-state index in [2.05, 4.69) is 181 Å². The lowest BCUT2D eigenvalue weighted by Crippen LogP contribution is -1.97. The van der Waals surface area contributed by atoms with Crippen molar-refractivity contribution in [1.29, 1.82) is 0 Å². The van der Waals surface area contributed by atoms with E-state index < -0.39 is 0 Å². The summed E-state index contributed by atoms with van der Waals surface area (Å²) in [5, 5.41) is 7.44. The highest BCUT2D eigenvalue weighted by Gasteiger charge is 2.21. The number of hydrogen-bond acceptors (Lipinski definition) is 0. The van der Waals surface area contributed by atoms with Gasteiger partial charge in [-0.15, -0.1) is 0 Å². The van der Waals surface area contributed by atoms with E-state index in [-0.39, 0.29) is 0 Å². The number of hydrogen-bond donors (Lipinski definition) is 0. The van der Waals surface area contributed by atoms with Crippen LogP contribution in [0.2, 0.25) is 0 Å². The Morgan fingerprint density at radius 3 is 1.63 bits per heavy atom. The van der Waals surface area contributed by atoms with E-state index in [9.17, 15) is 0 Å². The second-order valence-electron chi connectivity index (χ2n) is 12.0. The van der Waals surface area contributed by atoms with Gasteiger partial charge in [0.05, 0.1) is 0 Å². The molecule has 0 nitrogen and oxygen atoms in total. The summed E-state index contributed by atoms with van der Waals surface area (Å²) in [6.45, 7) is 0. The first-order valence-electron chi connectivity index (χ1n) is 15.8. The molecule has 0 amide bonds. The van der Waals surface area contributed by atoms with E-state index in [4.69, 9.17) is 0 Å². The highest BCUT2D eigenvalue weighted by molar-refractivity contribution is 6.13. The Labute approximate surface area is 268 Å². The summed E-state index contributed by atoms with van der Waals surface area (Å²) in [6, 6.07) is 57.3. The van der Waals surface area contributed by atoms with Crippen molar-refractivity contribution in [2.45, 2.75) is 0 Å². The van der Waals surface area contributed by atoms with E-state index in [1.807, 2.05) is 0 Å². The van der Waals surface area contributed by atoms with E-state index in [1.54, 1.807) is 0 Å². The van der Waals surface area contributed by atoms with Crippen molar-refractivity contribution >= 4 is 44.5 Å². The lowest BCUT2D eigenvalue weighted by Gasteiger charge is -2.21. The van der Waals surface area contributed by atoms with Crippen LogP contribution in [0.4, 0.5) is 0 Å². The molecule has 0 saturated heterocycles. The van der Waals surface area contributed by atoms with Crippen molar-refractivity contribution in [3.8, 4) is 44.5 Å². The van der Waals surface area contributed by atoms with Crippen LogP contribution in [-0.4, -0.2) is 0 Å². The van der Waals surface area contributed by atoms with Crippen LogP contribution in [-0.2, 0) is 0 Å². The molecule has 1 aliphatic rings. The smallest absolute Gasteiger partial charge is 0.000253 e. The normalized spacial score (nSPS) is 11.8. The summed E-state index contributed by atoms with van der Waals surface area (Å²) in [7, 11) is 0. The molecule has 8 aromatic carbocycles. The van der Waals surface area contributed by atoms with Crippen LogP contribution in [0.25, 0.3) is 89.0 Å². The van der Waals surface area contributed by atoms with E-state index in [0.717, 1.165) is 0 Å². The molecule has 46 heavy (non-hydrogen) atoms. The van der Waals surface area contributed by atoms with Crippen molar-refractivity contribution in [2.24, 2.45) is 0 Å². The summed E-state index contributed by atoms with van der Waals surface area (Å²) in [5.41, 5.74) is 18.7. The quantitative estimate of drug-likeness (QED) is 0.182. The van der Waals surface area contributed by atoms with Gasteiger partial charge in [-0.25, -0.2) is 0 Å². The Hall–Kier alpha value is -6.16. The summed E-state index contributed by atoms with van der Waals surface area (Å²) in [4.78, 5) is 0. The summed E-state index contributed by atoms with van der Waals surface area (Å²) in [5.74, 6) is 0. The van der Waals surface area contributed by atoms with Gasteiger partial charge in [-0.1, -0.05) is 145 Å². The van der Waals surface area contributed by atoms with Gasteiger partial charge >= 0.3 is 0 Å². The zero-order valence-corrected chi connectivity index (χ0v) is 25.2. The molecular formula is C46H28. The third-order valence-corrected chi connectivity index (χ3v) is 9.28. The minimum atomic E-state index is 1.18. The lowest BCUT2D eigenvalue weighted by atomic mass is 9.81. The molecule has 0 unspecified atom stereocenters. The average molecular weight is 581 g/mol. The zero-order chi connectivity index (χ0) is 30.5. The Balaban J connectivity index is 1.37. The highest BCUT2D eigenvalue weighted by atomic mass is 14.2. The molecule has 0 aliphatic heterocycles. The van der Waals surface area contributed by atoms with E-state index >= 15 is 0 Å². The summed E-state index contributed by atoms with van der Waals surface area (Å²) in [6.07, 6.45) is 4.23. The largest absolute Gasteiger partial charge is 0.0696 e. The van der Waals surface area contributed by atoms with Gasteiger partial charge in [0, 0.05) is 0 Å². The van der Waals surface area contributed by atoms with Gasteiger partial charge in [0.1, 0.15) is 0 Å². The fourth-order valence-corrected chi connectivity index (χ4v) is 7.17. The Kier molecular flexibility index (Phi) is 6.15. The third kappa shape index (κ3) is 4.34. The topological polar surface area (TPSA) is 0 Å². The molecule has 0 atom stereocenters. The maximum absolute atomic E-state index is 3.31. The molecular weight excluding hydrogens is 553 g/mol. The average Bonchev–Trinajstić information content (AvgIpc) is 3.13. The van der Waals surface area contributed by atoms with Gasteiger partial charge in [0.25, 0.3) is 0 Å². The minimum absolute atomic E-state index is 1.18. The van der Waals surface area contributed by atoms with Gasteiger partial charge in [0.2, 0.25) is 0 Å². The van der Waals surface area contributed by atoms with Gasteiger partial charge < -0.3 is 0 Å². The summed E-state index contributed by atoms with van der Waals surface area (Å²) >= 11 is 0. The van der Waals surface area contributed by atoms with Crippen LogP contribution >= 0.6 is 0 Å². The van der Waals surface area contributed by atoms with Crippen LogP contribution in [0.15, 0.2) is 169 Å². The van der Waals surface area contributed by atoms with Gasteiger partial charge in [0.15, 0.2) is 0 Å². The van der Waals surface area contributed by atoms with Gasteiger partial charge in [-0.2, -0.15) is 0 Å². The molecule has 0 spiro atoms. The predicted octanol–water partition coefficient (Wildman–Crippen LogP) is 12.6. The maximum atomic E-state index is 3.31. The van der Waals surface area contributed by atoms with Crippen LogP contribution in [0.3, 0.4) is 0 Å². The fraction of sp³-hybridized carbons (Fsp3) is 0. The van der Waals surface area contributed by atoms with Crippen LogP contribution in [0.1, 0.15) is 11.1 Å². The van der Waals surface area contributed by atoms with Gasteiger partial charge in [-0.3, -0.25) is 0 Å². The second kappa shape index (κ2) is 10.8. The van der Waals surface area contributed by atoms with Gasteiger partial charge in [-0.05, 0) is 124 Å². The Morgan fingerprint density at radius 1 is 0.304 bits per heavy atom. The molecule has 0 saturated carbocycles. The number of fused-ring (bicyclic) bond motifs is 4.